The number of benzene rings is 1. The van der Waals surface area contributed by atoms with Crippen LogP contribution in [0.4, 0.5) is 0 Å². The van der Waals surface area contributed by atoms with Gasteiger partial charge in [-0.2, -0.15) is 0 Å². The van der Waals surface area contributed by atoms with Crippen LogP contribution in [0.3, 0.4) is 0 Å². The molecule has 3 heteroatoms. The molecule has 1 heterocycles. The molecular formula is C13H19NO2. The van der Waals surface area contributed by atoms with E-state index in [-0.39, 0.29) is 6.04 Å². The van der Waals surface area contributed by atoms with Crippen molar-refractivity contribution >= 4 is 0 Å². The van der Waals surface area contributed by atoms with Crippen molar-refractivity contribution < 1.29 is 9.47 Å². The first-order valence-corrected chi connectivity index (χ1v) is 5.73. The summed E-state index contributed by atoms with van der Waals surface area (Å²) in [5, 5.41) is 3.30. The predicted octanol–water partition coefficient (Wildman–Crippen LogP) is 1.67. The second-order valence-corrected chi connectivity index (χ2v) is 4.19. The zero-order chi connectivity index (χ0) is 11.4. The Morgan fingerprint density at radius 2 is 2.19 bits per heavy atom. The molecule has 1 aromatic carbocycles. The van der Waals surface area contributed by atoms with Crippen LogP contribution >= 0.6 is 0 Å². The number of nitrogens with one attached hydrogen (secondary N) is 1. The molecule has 0 radical (unpaired) electrons. The summed E-state index contributed by atoms with van der Waals surface area (Å²) in [6, 6.07) is 8.68. The Bertz CT molecular complexity index is 336. The zero-order valence-electron chi connectivity index (χ0n) is 9.90. The van der Waals surface area contributed by atoms with E-state index in [2.05, 4.69) is 36.5 Å². The number of hydrogen-bond acceptors (Lipinski definition) is 3. The maximum Gasteiger partial charge on any atom is 0.104 e. The molecule has 1 saturated heterocycles. The third-order valence-electron chi connectivity index (χ3n) is 3.02. The van der Waals surface area contributed by atoms with E-state index in [0.717, 1.165) is 13.2 Å². The van der Waals surface area contributed by atoms with E-state index in [1.807, 2.05) is 7.05 Å². The van der Waals surface area contributed by atoms with E-state index in [9.17, 15) is 0 Å². The average Bonchev–Trinajstić information content (AvgIpc) is 2.23. The molecule has 0 bridgehead atoms. The molecule has 16 heavy (non-hydrogen) atoms. The zero-order valence-corrected chi connectivity index (χ0v) is 9.90. The second-order valence-electron chi connectivity index (χ2n) is 4.19. The Hall–Kier alpha value is -0.900. The van der Waals surface area contributed by atoms with Gasteiger partial charge in [0.1, 0.15) is 6.10 Å². The third-order valence-corrected chi connectivity index (χ3v) is 3.02. The second kappa shape index (κ2) is 5.43. The Morgan fingerprint density at radius 1 is 1.44 bits per heavy atom. The van der Waals surface area contributed by atoms with Crippen molar-refractivity contribution in [2.75, 3.05) is 26.9 Å². The molecule has 1 aliphatic rings. The van der Waals surface area contributed by atoms with Gasteiger partial charge in [0, 0.05) is 0 Å². The minimum absolute atomic E-state index is 0.266. The normalized spacial score (nSPS) is 18.1. The standard InChI is InChI=1S/C13H19NO2/c1-10-5-3-4-6-12(10)13(14-2)9-16-11-7-15-8-11/h3-6,11,13-14H,7-9H2,1-2H3. The predicted molar refractivity (Wildman–Crippen MR) is 63.5 cm³/mol. The van der Waals surface area contributed by atoms with Crippen LogP contribution < -0.4 is 5.32 Å². The maximum atomic E-state index is 5.75. The van der Waals surface area contributed by atoms with Crippen molar-refractivity contribution in [2.45, 2.75) is 19.1 Å². The SMILES string of the molecule is CNC(COC1COC1)c1ccccc1C. The molecule has 1 aromatic rings. The highest BCUT2D eigenvalue weighted by molar-refractivity contribution is 5.28. The molecule has 0 aliphatic carbocycles. The first-order chi connectivity index (χ1) is 7.81. The van der Waals surface area contributed by atoms with Gasteiger partial charge in [0.15, 0.2) is 0 Å². The van der Waals surface area contributed by atoms with Gasteiger partial charge >= 0.3 is 0 Å². The fourth-order valence-corrected chi connectivity index (χ4v) is 1.85. The van der Waals surface area contributed by atoms with Gasteiger partial charge in [-0.1, -0.05) is 24.3 Å². The number of ether oxygens (including phenoxy) is 2. The molecule has 0 amide bonds. The summed E-state index contributed by atoms with van der Waals surface area (Å²) in [4.78, 5) is 0. The van der Waals surface area contributed by atoms with Crippen molar-refractivity contribution in [2.24, 2.45) is 0 Å². The van der Waals surface area contributed by atoms with Crippen molar-refractivity contribution in [1.29, 1.82) is 0 Å². The van der Waals surface area contributed by atoms with Gasteiger partial charge in [-0.15, -0.1) is 0 Å². The summed E-state index contributed by atoms with van der Waals surface area (Å²) in [5.74, 6) is 0. The van der Waals surface area contributed by atoms with Crippen LogP contribution in [0.5, 0.6) is 0 Å². The van der Waals surface area contributed by atoms with Crippen LogP contribution in [0.15, 0.2) is 24.3 Å². The molecule has 2 rings (SSSR count). The first-order valence-electron chi connectivity index (χ1n) is 5.73. The lowest BCUT2D eigenvalue weighted by Gasteiger charge is -2.28. The van der Waals surface area contributed by atoms with Gasteiger partial charge in [-0.3, -0.25) is 0 Å². The monoisotopic (exact) mass is 221 g/mol. The molecule has 1 atom stereocenters. The Morgan fingerprint density at radius 3 is 2.75 bits per heavy atom. The van der Waals surface area contributed by atoms with Gasteiger partial charge in [-0.05, 0) is 25.1 Å². The highest BCUT2D eigenvalue weighted by Crippen LogP contribution is 2.18. The van der Waals surface area contributed by atoms with E-state index in [1.54, 1.807) is 0 Å². The Labute approximate surface area is 96.8 Å². The maximum absolute atomic E-state index is 5.75. The Kier molecular flexibility index (Phi) is 3.93. The highest BCUT2D eigenvalue weighted by Gasteiger charge is 2.21. The van der Waals surface area contributed by atoms with E-state index in [1.165, 1.54) is 11.1 Å². The molecule has 1 N–H and O–H groups in total. The van der Waals surface area contributed by atoms with E-state index in [4.69, 9.17) is 9.47 Å². The van der Waals surface area contributed by atoms with Gasteiger partial charge < -0.3 is 14.8 Å². The lowest BCUT2D eigenvalue weighted by Crippen LogP contribution is -2.38. The van der Waals surface area contributed by atoms with E-state index >= 15 is 0 Å². The number of aryl methyl sites for hydroxylation is 1. The number of likely N-dealkylation sites (N-methyl/N-ethyl adjacent to an activating group) is 1. The molecule has 1 fully saturated rings. The molecule has 1 unspecified atom stereocenters. The van der Waals surface area contributed by atoms with Gasteiger partial charge in [-0.25, -0.2) is 0 Å². The topological polar surface area (TPSA) is 30.5 Å². The van der Waals surface area contributed by atoms with Gasteiger partial charge in [0.05, 0.1) is 25.9 Å². The van der Waals surface area contributed by atoms with Crippen LogP contribution in [0.1, 0.15) is 17.2 Å². The van der Waals surface area contributed by atoms with Crippen LogP contribution in [0.2, 0.25) is 0 Å². The fourth-order valence-electron chi connectivity index (χ4n) is 1.85. The number of rotatable bonds is 5. The fraction of sp³-hybridized carbons (Fsp3) is 0.538. The quantitative estimate of drug-likeness (QED) is 0.820. The molecule has 0 aromatic heterocycles. The van der Waals surface area contributed by atoms with E-state index < -0.39 is 0 Å². The summed E-state index contributed by atoms with van der Waals surface area (Å²) < 4.78 is 10.8. The molecule has 0 spiro atoms. The van der Waals surface area contributed by atoms with Crippen LogP contribution in [0, 0.1) is 6.92 Å². The lowest BCUT2D eigenvalue weighted by molar-refractivity contribution is -0.133. The largest absolute Gasteiger partial charge is 0.376 e. The van der Waals surface area contributed by atoms with Crippen molar-refractivity contribution in [3.05, 3.63) is 35.4 Å². The minimum Gasteiger partial charge on any atom is -0.376 e. The van der Waals surface area contributed by atoms with Gasteiger partial charge in [0.2, 0.25) is 0 Å². The number of hydrogen-bond donors (Lipinski definition) is 1. The van der Waals surface area contributed by atoms with Gasteiger partial charge in [0.25, 0.3) is 0 Å². The van der Waals surface area contributed by atoms with Crippen LogP contribution in [0.25, 0.3) is 0 Å². The summed E-state index contributed by atoms with van der Waals surface area (Å²) in [7, 11) is 1.97. The Balaban J connectivity index is 1.95. The summed E-state index contributed by atoms with van der Waals surface area (Å²) >= 11 is 0. The molecule has 88 valence electrons. The molecular weight excluding hydrogens is 202 g/mol. The van der Waals surface area contributed by atoms with Crippen LogP contribution in [-0.4, -0.2) is 33.0 Å². The van der Waals surface area contributed by atoms with E-state index in [0.29, 0.717) is 12.7 Å². The van der Waals surface area contributed by atoms with Crippen molar-refractivity contribution in [3.63, 3.8) is 0 Å². The first kappa shape index (κ1) is 11.6. The molecule has 0 saturated carbocycles. The minimum atomic E-state index is 0.266. The summed E-state index contributed by atoms with van der Waals surface area (Å²) in [6.45, 7) is 4.32. The average molecular weight is 221 g/mol. The van der Waals surface area contributed by atoms with Crippen molar-refractivity contribution in [3.8, 4) is 0 Å². The third kappa shape index (κ3) is 2.61. The lowest BCUT2D eigenvalue weighted by atomic mass is 10.0. The molecule has 3 nitrogen and oxygen atoms in total. The van der Waals surface area contributed by atoms with Crippen LogP contribution in [-0.2, 0) is 9.47 Å². The summed E-state index contributed by atoms with van der Waals surface area (Å²) in [5.41, 5.74) is 2.61. The highest BCUT2D eigenvalue weighted by atomic mass is 16.6. The smallest absolute Gasteiger partial charge is 0.104 e. The van der Waals surface area contributed by atoms with Crippen molar-refractivity contribution in [1.82, 2.24) is 5.32 Å². The summed E-state index contributed by atoms with van der Waals surface area (Å²) in [6.07, 6.45) is 0.292. The molecule has 1 aliphatic heterocycles.